The molecule has 1 saturated heterocycles. The summed E-state index contributed by atoms with van der Waals surface area (Å²) in [7, 11) is 0. The summed E-state index contributed by atoms with van der Waals surface area (Å²) in [5.74, 6) is 0.0890. The highest BCUT2D eigenvalue weighted by atomic mass is 16.5. The summed E-state index contributed by atoms with van der Waals surface area (Å²) < 4.78 is 11.7. The van der Waals surface area contributed by atoms with Crippen molar-refractivity contribution < 1.29 is 24.2 Å². The monoisotopic (exact) mass is 525 g/mol. The van der Waals surface area contributed by atoms with Crippen LogP contribution >= 0.6 is 0 Å². The molecule has 6 nitrogen and oxygen atoms in total. The van der Waals surface area contributed by atoms with E-state index in [4.69, 9.17) is 9.47 Å². The van der Waals surface area contributed by atoms with Gasteiger partial charge in [0.2, 0.25) is 0 Å². The highest BCUT2D eigenvalue weighted by molar-refractivity contribution is 6.46. The zero-order chi connectivity index (χ0) is 27.4. The molecule has 3 aromatic carbocycles. The molecule has 0 spiro atoms. The molecule has 2 atom stereocenters. The molecule has 0 bridgehead atoms. The lowest BCUT2D eigenvalue weighted by molar-refractivity contribution is -0.139. The minimum Gasteiger partial charge on any atom is -0.507 e. The molecule has 39 heavy (non-hydrogen) atoms. The van der Waals surface area contributed by atoms with E-state index < -0.39 is 17.7 Å². The number of aliphatic hydroxyl groups is 1. The first-order valence-electron chi connectivity index (χ1n) is 13.8. The van der Waals surface area contributed by atoms with Crippen LogP contribution < -0.4 is 9.47 Å². The largest absolute Gasteiger partial charge is 0.507 e. The van der Waals surface area contributed by atoms with Crippen LogP contribution in [0, 0.1) is 0 Å². The Morgan fingerprint density at radius 2 is 1.79 bits per heavy atom. The van der Waals surface area contributed by atoms with Gasteiger partial charge in [-0.2, -0.15) is 0 Å². The number of ether oxygens (including phenoxy) is 2. The molecule has 1 fully saturated rings. The number of Topliss-reactive ketones (excluding diaryl/α,β-unsaturated/α-hetero) is 1. The summed E-state index contributed by atoms with van der Waals surface area (Å²) in [6.07, 6.45) is 4.61. The second-order valence-electron chi connectivity index (χ2n) is 10.3. The first-order valence-corrected chi connectivity index (χ1v) is 13.8. The third kappa shape index (κ3) is 5.70. The maximum absolute atomic E-state index is 13.4. The van der Waals surface area contributed by atoms with Crippen LogP contribution in [-0.4, -0.2) is 41.0 Å². The van der Waals surface area contributed by atoms with Crippen LogP contribution in [0.3, 0.4) is 0 Å². The maximum atomic E-state index is 13.4. The van der Waals surface area contributed by atoms with Crippen molar-refractivity contribution in [1.82, 2.24) is 4.90 Å². The highest BCUT2D eigenvalue weighted by Crippen LogP contribution is 2.41. The smallest absolute Gasteiger partial charge is 0.295 e. The predicted octanol–water partition coefficient (Wildman–Crippen LogP) is 6.24. The third-order valence-corrected chi connectivity index (χ3v) is 7.41. The zero-order valence-electron chi connectivity index (χ0n) is 22.6. The van der Waals surface area contributed by atoms with E-state index in [9.17, 15) is 14.7 Å². The maximum Gasteiger partial charge on any atom is 0.295 e. The number of carbonyl (C=O) groups excluding carboxylic acids is 2. The van der Waals surface area contributed by atoms with Crippen LogP contribution in [0.4, 0.5) is 0 Å². The molecule has 202 valence electrons. The molecular weight excluding hydrogens is 490 g/mol. The van der Waals surface area contributed by atoms with Gasteiger partial charge < -0.3 is 19.5 Å². The summed E-state index contributed by atoms with van der Waals surface area (Å²) in [6, 6.07) is 22.1. The Kier molecular flexibility index (Phi) is 8.01. The average molecular weight is 526 g/mol. The number of unbranched alkanes of at least 4 members (excludes halogenated alkanes) is 2. The third-order valence-electron chi connectivity index (χ3n) is 7.41. The number of carbonyl (C=O) groups is 2. The van der Waals surface area contributed by atoms with Gasteiger partial charge in [0.05, 0.1) is 18.2 Å². The fraction of sp³-hybridized carbons (Fsp3) is 0.333. The van der Waals surface area contributed by atoms with Crippen molar-refractivity contribution in [2.75, 3.05) is 13.2 Å². The van der Waals surface area contributed by atoms with Gasteiger partial charge in [-0.3, -0.25) is 9.59 Å². The Balaban J connectivity index is 1.49. The molecule has 1 amide bonds. The minimum absolute atomic E-state index is 0.0590. The summed E-state index contributed by atoms with van der Waals surface area (Å²) >= 11 is 0. The van der Waals surface area contributed by atoms with Gasteiger partial charge in [-0.25, -0.2) is 0 Å². The number of rotatable bonds is 10. The van der Waals surface area contributed by atoms with Gasteiger partial charge in [0.25, 0.3) is 11.7 Å². The lowest BCUT2D eigenvalue weighted by Crippen LogP contribution is -2.31. The summed E-state index contributed by atoms with van der Waals surface area (Å²) in [5, 5.41) is 11.5. The van der Waals surface area contributed by atoms with E-state index in [2.05, 4.69) is 6.92 Å². The molecule has 2 aliphatic rings. The predicted molar refractivity (Wildman–Crippen MR) is 151 cm³/mol. The molecule has 3 aromatic rings. The second-order valence-corrected chi connectivity index (χ2v) is 10.3. The number of hydrogen-bond acceptors (Lipinski definition) is 5. The molecule has 2 heterocycles. The minimum atomic E-state index is -0.703. The summed E-state index contributed by atoms with van der Waals surface area (Å²) in [5.41, 5.74) is 3.42. The van der Waals surface area contributed by atoms with Crippen LogP contribution in [0.15, 0.2) is 78.4 Å². The fourth-order valence-electron chi connectivity index (χ4n) is 5.36. The number of aliphatic hydroxyl groups excluding tert-OH is 1. The van der Waals surface area contributed by atoms with Crippen LogP contribution in [-0.2, 0) is 22.4 Å². The van der Waals surface area contributed by atoms with Gasteiger partial charge in [0, 0.05) is 18.5 Å². The van der Waals surface area contributed by atoms with Gasteiger partial charge >= 0.3 is 0 Å². The van der Waals surface area contributed by atoms with Crippen molar-refractivity contribution in [1.29, 1.82) is 0 Å². The van der Waals surface area contributed by atoms with E-state index in [1.165, 1.54) is 0 Å². The van der Waals surface area contributed by atoms with E-state index in [0.717, 1.165) is 53.9 Å². The summed E-state index contributed by atoms with van der Waals surface area (Å²) in [4.78, 5) is 28.3. The van der Waals surface area contributed by atoms with E-state index in [1.54, 1.807) is 11.0 Å². The van der Waals surface area contributed by atoms with Crippen molar-refractivity contribution in [3.05, 3.63) is 101 Å². The number of amides is 1. The Morgan fingerprint density at radius 3 is 2.54 bits per heavy atom. The molecule has 0 radical (unpaired) electrons. The van der Waals surface area contributed by atoms with Gasteiger partial charge in [-0.05, 0) is 66.8 Å². The number of ketones is 1. The van der Waals surface area contributed by atoms with Gasteiger partial charge in [0.15, 0.2) is 0 Å². The van der Waals surface area contributed by atoms with Crippen molar-refractivity contribution in [2.45, 2.75) is 58.1 Å². The van der Waals surface area contributed by atoms with E-state index in [-0.39, 0.29) is 17.4 Å². The molecular formula is C33H35NO5. The second kappa shape index (κ2) is 11.8. The number of benzene rings is 3. The number of fused-ring (bicyclic) bond motifs is 1. The van der Waals surface area contributed by atoms with E-state index >= 15 is 0 Å². The van der Waals surface area contributed by atoms with Gasteiger partial charge in [-0.1, -0.05) is 62.2 Å². The van der Waals surface area contributed by atoms with Crippen LogP contribution in [0.25, 0.3) is 5.76 Å². The molecule has 2 unspecified atom stereocenters. The van der Waals surface area contributed by atoms with Gasteiger partial charge in [-0.15, -0.1) is 0 Å². The molecule has 0 aliphatic carbocycles. The lowest BCUT2D eigenvalue weighted by Gasteiger charge is -2.25. The lowest BCUT2D eigenvalue weighted by atomic mass is 9.94. The normalized spacial score (nSPS) is 19.7. The van der Waals surface area contributed by atoms with Crippen molar-refractivity contribution in [2.24, 2.45) is 0 Å². The van der Waals surface area contributed by atoms with E-state index in [1.807, 2.05) is 73.7 Å². The fourth-order valence-corrected chi connectivity index (χ4v) is 5.36. The summed E-state index contributed by atoms with van der Waals surface area (Å²) in [6.45, 7) is 5.14. The van der Waals surface area contributed by atoms with Crippen molar-refractivity contribution in [3.63, 3.8) is 0 Å². The number of likely N-dealkylation sites (tertiary alicyclic amines) is 1. The average Bonchev–Trinajstić information content (AvgIpc) is 3.45. The number of hydrogen-bond donors (Lipinski definition) is 1. The van der Waals surface area contributed by atoms with Crippen molar-refractivity contribution >= 4 is 17.4 Å². The highest BCUT2D eigenvalue weighted by Gasteiger charge is 2.46. The molecule has 5 rings (SSSR count). The Labute approximate surface area is 229 Å². The van der Waals surface area contributed by atoms with Crippen LogP contribution in [0.2, 0.25) is 0 Å². The molecule has 2 aliphatic heterocycles. The van der Waals surface area contributed by atoms with Crippen molar-refractivity contribution in [3.8, 4) is 11.5 Å². The standard InChI is InChI=1S/C33H35NO5/c1-3-4-8-19-38-27-14-11-24(12-15-27)30-29(31(35)25-13-16-28-26(21-25)20-22(2)39-28)32(36)33(37)34(30)18-17-23-9-6-5-7-10-23/h5-7,9-16,21-22,30,35H,3-4,8,17-20H2,1-2H3/b31-29+. The first kappa shape index (κ1) is 26.5. The topological polar surface area (TPSA) is 76.1 Å². The molecule has 1 N–H and O–H groups in total. The van der Waals surface area contributed by atoms with E-state index in [0.29, 0.717) is 25.1 Å². The van der Waals surface area contributed by atoms with Gasteiger partial charge in [0.1, 0.15) is 23.4 Å². The molecule has 6 heteroatoms. The quantitative estimate of drug-likeness (QED) is 0.147. The molecule has 0 saturated carbocycles. The Bertz CT molecular complexity index is 1360. The molecule has 0 aromatic heterocycles. The Hall–Kier alpha value is -4.06. The zero-order valence-corrected chi connectivity index (χ0v) is 22.6. The Morgan fingerprint density at radius 1 is 1.03 bits per heavy atom. The first-order chi connectivity index (χ1) is 19.0. The number of nitrogens with zero attached hydrogens (tertiary/aromatic N) is 1. The van der Waals surface area contributed by atoms with Crippen LogP contribution in [0.1, 0.15) is 61.4 Å². The SMILES string of the molecule is CCCCCOc1ccc(C2/C(=C(\O)c3ccc4c(c3)CC(C)O4)C(=O)C(=O)N2CCc2ccccc2)cc1. The van der Waals surface area contributed by atoms with Crippen LogP contribution in [0.5, 0.6) is 11.5 Å².